The quantitative estimate of drug-likeness (QED) is 0.834. The van der Waals surface area contributed by atoms with Crippen molar-refractivity contribution in [2.45, 2.75) is 13.5 Å². The molecule has 0 bridgehead atoms. The minimum absolute atomic E-state index is 0.167. The summed E-state index contributed by atoms with van der Waals surface area (Å²) in [4.78, 5) is 16.0. The van der Waals surface area contributed by atoms with E-state index in [0.29, 0.717) is 23.6 Å². The van der Waals surface area contributed by atoms with E-state index in [1.807, 2.05) is 6.92 Å². The first-order valence-electron chi connectivity index (χ1n) is 5.67. The molecule has 2 aromatic rings. The molecule has 0 aliphatic rings. The Labute approximate surface area is 104 Å². The van der Waals surface area contributed by atoms with Gasteiger partial charge in [-0.3, -0.25) is 4.79 Å². The van der Waals surface area contributed by atoms with E-state index in [1.54, 1.807) is 24.4 Å². The summed E-state index contributed by atoms with van der Waals surface area (Å²) in [5, 5.41) is 9.52. The van der Waals surface area contributed by atoms with E-state index in [9.17, 15) is 4.79 Å². The van der Waals surface area contributed by atoms with Crippen LogP contribution in [-0.4, -0.2) is 22.6 Å². The minimum atomic E-state index is -0.167. The van der Waals surface area contributed by atoms with Crippen LogP contribution in [0.3, 0.4) is 0 Å². The van der Waals surface area contributed by atoms with Crippen LogP contribution in [-0.2, 0) is 6.54 Å². The monoisotopic (exact) mass is 246 g/mol. The predicted molar refractivity (Wildman–Crippen MR) is 66.1 cm³/mol. The molecule has 2 rings (SSSR count). The number of amides is 1. The Morgan fingerprint density at radius 1 is 1.44 bits per heavy atom. The van der Waals surface area contributed by atoms with Gasteiger partial charge in [-0.25, -0.2) is 4.98 Å². The average molecular weight is 246 g/mol. The van der Waals surface area contributed by atoms with Crippen molar-refractivity contribution in [2.24, 2.45) is 0 Å². The molecule has 6 nitrogen and oxygen atoms in total. The molecular formula is C12H14N4O2. The maximum atomic E-state index is 11.9. The van der Waals surface area contributed by atoms with Gasteiger partial charge in [0.1, 0.15) is 17.8 Å². The van der Waals surface area contributed by atoms with E-state index < -0.39 is 0 Å². The van der Waals surface area contributed by atoms with Gasteiger partial charge in [0.05, 0.1) is 6.54 Å². The third-order valence-electron chi connectivity index (χ3n) is 2.30. The lowest BCUT2D eigenvalue weighted by Gasteiger charge is -2.05. The van der Waals surface area contributed by atoms with E-state index in [0.717, 1.165) is 6.54 Å². The summed E-state index contributed by atoms with van der Waals surface area (Å²) in [6.07, 6.45) is 3.07. The van der Waals surface area contributed by atoms with E-state index >= 15 is 0 Å². The van der Waals surface area contributed by atoms with Crippen LogP contribution in [0.25, 0.3) is 0 Å². The smallest absolute Gasteiger partial charge is 0.251 e. The van der Waals surface area contributed by atoms with Gasteiger partial charge in [-0.05, 0) is 19.1 Å². The summed E-state index contributed by atoms with van der Waals surface area (Å²) in [5.74, 6) is 0.520. The zero-order valence-corrected chi connectivity index (χ0v) is 10.0. The highest BCUT2D eigenvalue weighted by molar-refractivity contribution is 5.94. The number of rotatable bonds is 5. The molecule has 0 radical (unpaired) electrons. The Balaban J connectivity index is 1.97. The SMILES string of the molecule is CCNc1cc(C(=O)NCc2ccon2)ccn1. The molecule has 0 spiro atoms. The third kappa shape index (κ3) is 3.07. The Morgan fingerprint density at radius 3 is 3.06 bits per heavy atom. The highest BCUT2D eigenvalue weighted by Gasteiger charge is 2.07. The number of nitrogens with one attached hydrogen (secondary N) is 2. The van der Waals surface area contributed by atoms with Crippen LogP contribution in [0, 0.1) is 0 Å². The fraction of sp³-hybridized carbons (Fsp3) is 0.250. The molecule has 0 unspecified atom stereocenters. The van der Waals surface area contributed by atoms with Crippen LogP contribution in [0.1, 0.15) is 23.0 Å². The van der Waals surface area contributed by atoms with Crippen molar-refractivity contribution in [3.05, 3.63) is 41.9 Å². The van der Waals surface area contributed by atoms with Gasteiger partial charge in [-0.2, -0.15) is 0 Å². The molecule has 0 saturated heterocycles. The highest BCUT2D eigenvalue weighted by atomic mass is 16.5. The topological polar surface area (TPSA) is 80.0 Å². The molecule has 2 N–H and O–H groups in total. The van der Waals surface area contributed by atoms with Crippen LogP contribution in [0.4, 0.5) is 5.82 Å². The maximum Gasteiger partial charge on any atom is 0.251 e. The molecule has 1 amide bonds. The molecule has 0 aromatic carbocycles. The van der Waals surface area contributed by atoms with E-state index in [2.05, 4.69) is 25.3 Å². The number of hydrogen-bond donors (Lipinski definition) is 2. The van der Waals surface area contributed by atoms with Crippen LogP contribution >= 0.6 is 0 Å². The number of aromatic nitrogens is 2. The van der Waals surface area contributed by atoms with Crippen molar-refractivity contribution >= 4 is 11.7 Å². The molecule has 0 atom stereocenters. The van der Waals surface area contributed by atoms with Gasteiger partial charge < -0.3 is 15.2 Å². The zero-order chi connectivity index (χ0) is 12.8. The van der Waals surface area contributed by atoms with Gasteiger partial charge in [0.2, 0.25) is 0 Å². The molecular weight excluding hydrogens is 232 g/mol. The summed E-state index contributed by atoms with van der Waals surface area (Å²) < 4.78 is 4.68. The molecule has 0 fully saturated rings. The van der Waals surface area contributed by atoms with Crippen LogP contribution in [0.15, 0.2) is 35.2 Å². The first-order valence-corrected chi connectivity index (χ1v) is 5.67. The molecule has 0 aliphatic carbocycles. The number of anilines is 1. The Morgan fingerprint density at radius 2 is 2.33 bits per heavy atom. The van der Waals surface area contributed by atoms with Crippen molar-refractivity contribution in [2.75, 3.05) is 11.9 Å². The Kier molecular flexibility index (Phi) is 3.90. The van der Waals surface area contributed by atoms with E-state index in [1.165, 1.54) is 6.26 Å². The summed E-state index contributed by atoms with van der Waals surface area (Å²) in [6.45, 7) is 3.07. The summed E-state index contributed by atoms with van der Waals surface area (Å²) in [5.41, 5.74) is 1.24. The van der Waals surface area contributed by atoms with Crippen LogP contribution in [0.5, 0.6) is 0 Å². The van der Waals surface area contributed by atoms with Gasteiger partial charge in [0, 0.05) is 24.4 Å². The predicted octanol–water partition coefficient (Wildman–Crippen LogP) is 1.43. The van der Waals surface area contributed by atoms with Gasteiger partial charge in [-0.15, -0.1) is 0 Å². The Bertz CT molecular complexity index is 511. The second kappa shape index (κ2) is 5.81. The fourth-order valence-corrected chi connectivity index (χ4v) is 1.45. The van der Waals surface area contributed by atoms with E-state index in [-0.39, 0.29) is 5.91 Å². The number of pyridine rings is 1. The third-order valence-corrected chi connectivity index (χ3v) is 2.30. The van der Waals surface area contributed by atoms with Gasteiger partial charge in [-0.1, -0.05) is 5.16 Å². The van der Waals surface area contributed by atoms with Gasteiger partial charge >= 0.3 is 0 Å². The second-order valence-corrected chi connectivity index (χ2v) is 3.63. The van der Waals surface area contributed by atoms with E-state index in [4.69, 9.17) is 0 Å². The van der Waals surface area contributed by atoms with Gasteiger partial charge in [0.25, 0.3) is 5.91 Å². The van der Waals surface area contributed by atoms with Crippen molar-refractivity contribution in [3.8, 4) is 0 Å². The molecule has 6 heteroatoms. The lowest BCUT2D eigenvalue weighted by atomic mass is 10.2. The lowest BCUT2D eigenvalue weighted by molar-refractivity contribution is 0.0950. The standard InChI is InChI=1S/C12H14N4O2/c1-2-13-11-7-9(3-5-14-11)12(17)15-8-10-4-6-18-16-10/h3-7H,2,8H2,1H3,(H,13,14)(H,15,17). The summed E-state index contributed by atoms with van der Waals surface area (Å²) in [7, 11) is 0. The maximum absolute atomic E-state index is 11.9. The molecule has 0 aliphatic heterocycles. The number of carbonyl (C=O) groups excluding carboxylic acids is 1. The van der Waals surface area contributed by atoms with Crippen molar-refractivity contribution in [1.82, 2.24) is 15.5 Å². The number of carbonyl (C=O) groups is 1. The molecule has 2 heterocycles. The zero-order valence-electron chi connectivity index (χ0n) is 10.0. The molecule has 0 saturated carbocycles. The van der Waals surface area contributed by atoms with Crippen LogP contribution < -0.4 is 10.6 Å². The molecule has 18 heavy (non-hydrogen) atoms. The summed E-state index contributed by atoms with van der Waals surface area (Å²) >= 11 is 0. The molecule has 2 aromatic heterocycles. The van der Waals surface area contributed by atoms with Gasteiger partial charge in [0.15, 0.2) is 0 Å². The summed E-state index contributed by atoms with van der Waals surface area (Å²) in [6, 6.07) is 5.08. The number of hydrogen-bond acceptors (Lipinski definition) is 5. The van der Waals surface area contributed by atoms with Crippen LogP contribution in [0.2, 0.25) is 0 Å². The van der Waals surface area contributed by atoms with Crippen molar-refractivity contribution in [3.63, 3.8) is 0 Å². The minimum Gasteiger partial charge on any atom is -0.370 e. The average Bonchev–Trinajstić information content (AvgIpc) is 2.90. The fourth-order valence-electron chi connectivity index (χ4n) is 1.45. The second-order valence-electron chi connectivity index (χ2n) is 3.63. The molecule has 94 valence electrons. The van der Waals surface area contributed by atoms with Crippen molar-refractivity contribution in [1.29, 1.82) is 0 Å². The lowest BCUT2D eigenvalue weighted by Crippen LogP contribution is -2.23. The first kappa shape index (κ1) is 12.1. The Hall–Kier alpha value is -2.37. The number of nitrogens with zero attached hydrogens (tertiary/aromatic N) is 2. The highest BCUT2D eigenvalue weighted by Crippen LogP contribution is 2.06. The first-order chi connectivity index (χ1) is 8.79. The largest absolute Gasteiger partial charge is 0.370 e. The van der Waals surface area contributed by atoms with Crippen molar-refractivity contribution < 1.29 is 9.32 Å². The normalized spacial score (nSPS) is 10.1.